The zero-order valence-electron chi connectivity index (χ0n) is 9.82. The van der Waals surface area contributed by atoms with Gasteiger partial charge >= 0.3 is 5.97 Å². The Hall–Kier alpha value is -1.49. The standard InChI is InChI=1S/C11H17N3O2/c1-4-5-14-11(3,10(15)16)9-8(2)12-6-7-13-9/h6-7,14H,4-5H2,1-3H3,(H,15,16). The van der Waals surface area contributed by atoms with Crippen molar-refractivity contribution in [1.29, 1.82) is 0 Å². The van der Waals surface area contributed by atoms with Crippen LogP contribution in [0, 0.1) is 6.92 Å². The van der Waals surface area contributed by atoms with E-state index in [2.05, 4.69) is 15.3 Å². The summed E-state index contributed by atoms with van der Waals surface area (Å²) in [5.41, 5.74) is -0.0686. The minimum absolute atomic E-state index is 0.468. The number of aromatic nitrogens is 2. The molecule has 0 bridgehead atoms. The molecule has 0 saturated heterocycles. The van der Waals surface area contributed by atoms with Gasteiger partial charge in [0.15, 0.2) is 5.54 Å². The molecule has 5 nitrogen and oxygen atoms in total. The highest BCUT2D eigenvalue weighted by Gasteiger charge is 2.37. The number of hydrogen-bond acceptors (Lipinski definition) is 4. The molecule has 0 aromatic carbocycles. The van der Waals surface area contributed by atoms with Crippen LogP contribution in [0.15, 0.2) is 12.4 Å². The summed E-state index contributed by atoms with van der Waals surface area (Å²) in [6.07, 6.45) is 3.93. The second-order valence-corrected chi connectivity index (χ2v) is 3.85. The summed E-state index contributed by atoms with van der Waals surface area (Å²) in [5, 5.41) is 12.3. The van der Waals surface area contributed by atoms with Crippen LogP contribution in [0.2, 0.25) is 0 Å². The Balaban J connectivity index is 3.11. The highest BCUT2D eigenvalue weighted by molar-refractivity contribution is 5.79. The van der Waals surface area contributed by atoms with E-state index >= 15 is 0 Å². The van der Waals surface area contributed by atoms with Gasteiger partial charge in [-0.25, -0.2) is 4.79 Å². The minimum Gasteiger partial charge on any atom is -0.480 e. The molecule has 1 rings (SSSR count). The Morgan fingerprint density at radius 3 is 2.62 bits per heavy atom. The predicted octanol–water partition coefficient (Wildman–Crippen LogP) is 1.08. The Morgan fingerprint density at radius 1 is 1.50 bits per heavy atom. The van der Waals surface area contributed by atoms with Crippen molar-refractivity contribution in [3.63, 3.8) is 0 Å². The van der Waals surface area contributed by atoms with Crippen LogP contribution in [-0.2, 0) is 10.3 Å². The van der Waals surface area contributed by atoms with Gasteiger partial charge < -0.3 is 5.11 Å². The van der Waals surface area contributed by atoms with E-state index in [-0.39, 0.29) is 0 Å². The van der Waals surface area contributed by atoms with Crippen LogP contribution in [0.1, 0.15) is 31.7 Å². The van der Waals surface area contributed by atoms with E-state index in [1.807, 2.05) is 6.92 Å². The monoisotopic (exact) mass is 223 g/mol. The van der Waals surface area contributed by atoms with Crippen molar-refractivity contribution in [1.82, 2.24) is 15.3 Å². The summed E-state index contributed by atoms with van der Waals surface area (Å²) >= 11 is 0. The fourth-order valence-corrected chi connectivity index (χ4v) is 1.53. The van der Waals surface area contributed by atoms with E-state index < -0.39 is 11.5 Å². The van der Waals surface area contributed by atoms with Crippen molar-refractivity contribution in [3.8, 4) is 0 Å². The molecule has 1 heterocycles. The number of nitrogens with one attached hydrogen (secondary N) is 1. The van der Waals surface area contributed by atoms with E-state index in [0.717, 1.165) is 6.42 Å². The summed E-state index contributed by atoms with van der Waals surface area (Å²) in [6, 6.07) is 0. The molecule has 16 heavy (non-hydrogen) atoms. The molecule has 0 aliphatic heterocycles. The second kappa shape index (κ2) is 5.03. The summed E-state index contributed by atoms with van der Waals surface area (Å²) in [6.45, 7) is 5.98. The molecule has 2 N–H and O–H groups in total. The van der Waals surface area contributed by atoms with Crippen LogP contribution in [0.5, 0.6) is 0 Å². The van der Waals surface area contributed by atoms with E-state index in [1.165, 1.54) is 6.20 Å². The van der Waals surface area contributed by atoms with Crippen LogP contribution in [0.4, 0.5) is 0 Å². The van der Waals surface area contributed by atoms with E-state index in [4.69, 9.17) is 0 Å². The molecule has 0 saturated carbocycles. The van der Waals surface area contributed by atoms with E-state index in [0.29, 0.717) is 17.9 Å². The minimum atomic E-state index is -1.17. The fraction of sp³-hybridized carbons (Fsp3) is 0.545. The van der Waals surface area contributed by atoms with Crippen molar-refractivity contribution in [2.45, 2.75) is 32.7 Å². The summed E-state index contributed by atoms with van der Waals surface area (Å²) in [7, 11) is 0. The average Bonchev–Trinajstić information content (AvgIpc) is 2.26. The Morgan fingerprint density at radius 2 is 2.12 bits per heavy atom. The molecule has 0 radical (unpaired) electrons. The van der Waals surface area contributed by atoms with Gasteiger partial charge in [0.1, 0.15) is 0 Å². The van der Waals surface area contributed by atoms with E-state index in [1.54, 1.807) is 20.0 Å². The summed E-state index contributed by atoms with van der Waals surface area (Å²) < 4.78 is 0. The Kier molecular flexibility index (Phi) is 3.95. The molecule has 0 amide bonds. The number of rotatable bonds is 5. The SMILES string of the molecule is CCCNC(C)(C(=O)O)c1nccnc1C. The maximum atomic E-state index is 11.3. The molecule has 0 aliphatic rings. The lowest BCUT2D eigenvalue weighted by Gasteiger charge is -2.26. The average molecular weight is 223 g/mol. The number of aliphatic carboxylic acids is 1. The zero-order valence-corrected chi connectivity index (χ0v) is 9.82. The number of carboxylic acids is 1. The highest BCUT2D eigenvalue weighted by Crippen LogP contribution is 2.20. The van der Waals surface area contributed by atoms with Crippen LogP contribution in [0.3, 0.4) is 0 Å². The van der Waals surface area contributed by atoms with Crippen LogP contribution < -0.4 is 5.32 Å². The van der Waals surface area contributed by atoms with Crippen molar-refractivity contribution in [3.05, 3.63) is 23.8 Å². The predicted molar refractivity (Wildman–Crippen MR) is 60.1 cm³/mol. The van der Waals surface area contributed by atoms with Gasteiger partial charge in [0.25, 0.3) is 0 Å². The van der Waals surface area contributed by atoms with Crippen LogP contribution in [0.25, 0.3) is 0 Å². The lowest BCUT2D eigenvalue weighted by atomic mass is 9.95. The van der Waals surface area contributed by atoms with Crippen molar-refractivity contribution in [2.75, 3.05) is 6.54 Å². The first-order valence-electron chi connectivity index (χ1n) is 5.29. The third-order valence-corrected chi connectivity index (χ3v) is 2.51. The van der Waals surface area contributed by atoms with Crippen molar-refractivity contribution >= 4 is 5.97 Å². The van der Waals surface area contributed by atoms with Gasteiger partial charge in [-0.1, -0.05) is 6.92 Å². The van der Waals surface area contributed by atoms with Crippen LogP contribution >= 0.6 is 0 Å². The highest BCUT2D eigenvalue weighted by atomic mass is 16.4. The maximum Gasteiger partial charge on any atom is 0.329 e. The summed E-state index contributed by atoms with van der Waals surface area (Å²) in [5.74, 6) is -0.940. The van der Waals surface area contributed by atoms with Gasteiger partial charge in [0, 0.05) is 12.4 Å². The number of hydrogen-bond donors (Lipinski definition) is 2. The number of aryl methyl sites for hydroxylation is 1. The Labute approximate surface area is 94.9 Å². The second-order valence-electron chi connectivity index (χ2n) is 3.85. The molecule has 0 fully saturated rings. The fourth-order valence-electron chi connectivity index (χ4n) is 1.53. The first kappa shape index (κ1) is 12.6. The quantitative estimate of drug-likeness (QED) is 0.781. The normalized spacial score (nSPS) is 14.4. The molecule has 1 aromatic rings. The number of carbonyl (C=O) groups is 1. The van der Waals surface area contributed by atoms with Gasteiger partial charge in [-0.2, -0.15) is 0 Å². The van der Waals surface area contributed by atoms with Gasteiger partial charge in [0.05, 0.1) is 11.4 Å². The van der Waals surface area contributed by atoms with Gasteiger partial charge in [-0.3, -0.25) is 15.3 Å². The van der Waals surface area contributed by atoms with Crippen molar-refractivity contribution in [2.24, 2.45) is 0 Å². The molecule has 0 spiro atoms. The van der Waals surface area contributed by atoms with Crippen LogP contribution in [-0.4, -0.2) is 27.6 Å². The van der Waals surface area contributed by atoms with Gasteiger partial charge in [-0.15, -0.1) is 0 Å². The molecule has 1 atom stereocenters. The lowest BCUT2D eigenvalue weighted by Crippen LogP contribution is -2.48. The molecule has 88 valence electrons. The zero-order chi connectivity index (χ0) is 12.2. The molecule has 5 heteroatoms. The number of nitrogens with zero attached hydrogens (tertiary/aromatic N) is 2. The molecular weight excluding hydrogens is 206 g/mol. The summed E-state index contributed by atoms with van der Waals surface area (Å²) in [4.78, 5) is 19.5. The maximum absolute atomic E-state index is 11.3. The largest absolute Gasteiger partial charge is 0.480 e. The molecule has 1 unspecified atom stereocenters. The van der Waals surface area contributed by atoms with Gasteiger partial charge in [0.2, 0.25) is 0 Å². The first-order valence-corrected chi connectivity index (χ1v) is 5.29. The number of carboxylic acid groups (broad SMARTS) is 1. The molecular formula is C11H17N3O2. The molecule has 1 aromatic heterocycles. The van der Waals surface area contributed by atoms with Gasteiger partial charge in [-0.05, 0) is 26.8 Å². The topological polar surface area (TPSA) is 75.1 Å². The smallest absolute Gasteiger partial charge is 0.329 e. The lowest BCUT2D eigenvalue weighted by molar-refractivity contribution is -0.144. The molecule has 0 aliphatic carbocycles. The first-order chi connectivity index (χ1) is 7.52. The Bertz CT molecular complexity index is 381. The third-order valence-electron chi connectivity index (χ3n) is 2.51. The van der Waals surface area contributed by atoms with E-state index in [9.17, 15) is 9.90 Å². The third kappa shape index (κ3) is 2.36. The van der Waals surface area contributed by atoms with Crippen molar-refractivity contribution < 1.29 is 9.90 Å².